The molecule has 6 heteroatoms. The first-order chi connectivity index (χ1) is 7.13. The summed E-state index contributed by atoms with van der Waals surface area (Å²) < 4.78 is 0.700. The predicted octanol–water partition coefficient (Wildman–Crippen LogP) is 1.60. The van der Waals surface area contributed by atoms with Crippen LogP contribution in [0.25, 0.3) is 10.9 Å². The Morgan fingerprint density at radius 2 is 2.20 bits per heavy atom. The fourth-order valence-corrected chi connectivity index (χ4v) is 1.43. The predicted molar refractivity (Wildman–Crippen MR) is 51.2 cm³/mol. The summed E-state index contributed by atoms with van der Waals surface area (Å²) in [5.74, 6) is 0. The van der Waals surface area contributed by atoms with Crippen molar-refractivity contribution in [2.24, 2.45) is 0 Å². The van der Waals surface area contributed by atoms with Crippen LogP contribution in [-0.2, 0) is 0 Å². The topological polar surface area (TPSA) is 85.4 Å². The van der Waals surface area contributed by atoms with Crippen LogP contribution in [0, 0.1) is 10.1 Å². The van der Waals surface area contributed by atoms with Crippen molar-refractivity contribution in [1.29, 1.82) is 0 Å². The third kappa shape index (κ3) is 1.32. The molecule has 0 aliphatic heterocycles. The molecule has 0 aliphatic rings. The van der Waals surface area contributed by atoms with Gasteiger partial charge in [0.1, 0.15) is 0 Å². The van der Waals surface area contributed by atoms with Crippen molar-refractivity contribution in [3.8, 4) is 0 Å². The minimum absolute atomic E-state index is 0.131. The minimum Gasteiger partial charge on any atom is -0.428 e. The Kier molecular flexibility index (Phi) is 1.89. The van der Waals surface area contributed by atoms with Crippen molar-refractivity contribution in [1.82, 2.24) is 4.73 Å². The van der Waals surface area contributed by atoms with E-state index in [-0.39, 0.29) is 11.2 Å². The minimum atomic E-state index is -0.562. The highest BCUT2D eigenvalue weighted by Crippen LogP contribution is 2.23. The molecule has 0 saturated heterocycles. The van der Waals surface area contributed by atoms with E-state index in [0.717, 1.165) is 0 Å². The molecule has 1 N–H and O–H groups in total. The molecule has 1 heterocycles. The average molecular weight is 206 g/mol. The summed E-state index contributed by atoms with van der Waals surface area (Å²) in [6.07, 6.45) is 1.79. The number of benzene rings is 1. The summed E-state index contributed by atoms with van der Waals surface area (Å²) in [5, 5.41) is 20.3. The first kappa shape index (κ1) is 9.20. The molecule has 76 valence electrons. The number of carbonyl (C=O) groups excluding carboxylic acids is 1. The second kappa shape index (κ2) is 3.09. The smallest absolute Gasteiger partial charge is 0.271 e. The second-order valence-electron chi connectivity index (χ2n) is 3.01. The molecule has 2 aromatic rings. The van der Waals surface area contributed by atoms with E-state index < -0.39 is 4.92 Å². The van der Waals surface area contributed by atoms with E-state index in [4.69, 9.17) is 0 Å². The van der Waals surface area contributed by atoms with Crippen molar-refractivity contribution in [2.75, 3.05) is 0 Å². The van der Waals surface area contributed by atoms with Crippen LogP contribution in [0.4, 0.5) is 5.69 Å². The van der Waals surface area contributed by atoms with E-state index in [9.17, 15) is 20.1 Å². The van der Waals surface area contributed by atoms with Gasteiger partial charge in [0.05, 0.1) is 16.6 Å². The second-order valence-corrected chi connectivity index (χ2v) is 3.01. The summed E-state index contributed by atoms with van der Waals surface area (Å²) in [7, 11) is 0. The first-order valence-corrected chi connectivity index (χ1v) is 4.07. The van der Waals surface area contributed by atoms with Gasteiger partial charge in [-0.15, -0.1) is 0 Å². The summed E-state index contributed by atoms with van der Waals surface area (Å²) in [6.45, 7) is 0. The number of nitro benzene ring substituents is 1. The molecule has 0 saturated carbocycles. The number of carbonyl (C=O) groups is 1. The van der Waals surface area contributed by atoms with Gasteiger partial charge in [-0.3, -0.25) is 14.9 Å². The number of rotatable bonds is 2. The lowest BCUT2D eigenvalue weighted by molar-refractivity contribution is -0.384. The molecule has 0 unspecified atom stereocenters. The van der Waals surface area contributed by atoms with Crippen molar-refractivity contribution in [3.63, 3.8) is 0 Å². The van der Waals surface area contributed by atoms with E-state index in [2.05, 4.69) is 0 Å². The van der Waals surface area contributed by atoms with Crippen LogP contribution in [0.5, 0.6) is 0 Å². The molecule has 0 bridgehead atoms. The zero-order valence-corrected chi connectivity index (χ0v) is 7.45. The maximum Gasteiger partial charge on any atom is 0.271 e. The lowest BCUT2D eigenvalue weighted by Gasteiger charge is -1.94. The van der Waals surface area contributed by atoms with Crippen LogP contribution in [0.15, 0.2) is 24.4 Å². The number of aldehydes is 1. The third-order valence-electron chi connectivity index (χ3n) is 2.14. The quantitative estimate of drug-likeness (QED) is 0.350. The van der Waals surface area contributed by atoms with E-state index >= 15 is 0 Å². The fraction of sp³-hybridized carbons (Fsp3) is 0. The number of hydrogen-bond donors (Lipinski definition) is 1. The number of fused-ring (bicyclic) bond motifs is 1. The van der Waals surface area contributed by atoms with Crippen molar-refractivity contribution >= 4 is 22.9 Å². The molecule has 0 aliphatic carbocycles. The first-order valence-electron chi connectivity index (χ1n) is 4.07. The summed E-state index contributed by atoms with van der Waals surface area (Å²) in [5.41, 5.74) is 0.405. The van der Waals surface area contributed by atoms with Gasteiger partial charge >= 0.3 is 0 Å². The van der Waals surface area contributed by atoms with Gasteiger partial charge in [0.2, 0.25) is 0 Å². The fourth-order valence-electron chi connectivity index (χ4n) is 1.43. The number of non-ortho nitro benzene ring substituents is 1. The van der Waals surface area contributed by atoms with Gasteiger partial charge in [0, 0.05) is 23.1 Å². The molecule has 0 radical (unpaired) electrons. The molecule has 15 heavy (non-hydrogen) atoms. The van der Waals surface area contributed by atoms with Crippen molar-refractivity contribution in [2.45, 2.75) is 0 Å². The Hall–Kier alpha value is -2.37. The van der Waals surface area contributed by atoms with Crippen LogP contribution in [0.1, 0.15) is 10.4 Å². The van der Waals surface area contributed by atoms with Crippen LogP contribution < -0.4 is 0 Å². The molecule has 1 aromatic carbocycles. The number of nitro groups is 1. The Labute approximate surface area is 83.5 Å². The van der Waals surface area contributed by atoms with Gasteiger partial charge in [-0.05, 0) is 6.07 Å². The van der Waals surface area contributed by atoms with E-state index in [1.54, 1.807) is 0 Å². The maximum absolute atomic E-state index is 10.6. The lowest BCUT2D eigenvalue weighted by atomic mass is 10.2. The van der Waals surface area contributed by atoms with Crippen molar-refractivity contribution < 1.29 is 14.9 Å². The molecular formula is C9H6N2O4. The molecule has 0 fully saturated rings. The van der Waals surface area contributed by atoms with Crippen LogP contribution in [0.3, 0.4) is 0 Å². The van der Waals surface area contributed by atoms with Gasteiger partial charge in [0.15, 0.2) is 6.29 Å². The molecule has 0 amide bonds. The highest BCUT2D eigenvalue weighted by atomic mass is 16.6. The zero-order valence-electron chi connectivity index (χ0n) is 7.45. The standard InChI is InChI=1S/C9H6N2O4/c12-5-6-4-10(13)9-3-7(11(14)15)1-2-8(6)9/h1-5,13H. The van der Waals surface area contributed by atoms with Gasteiger partial charge in [-0.1, -0.05) is 0 Å². The van der Waals surface area contributed by atoms with Crippen LogP contribution >= 0.6 is 0 Å². The van der Waals surface area contributed by atoms with Gasteiger partial charge < -0.3 is 5.21 Å². The Morgan fingerprint density at radius 1 is 1.47 bits per heavy atom. The molecular weight excluding hydrogens is 200 g/mol. The molecule has 2 rings (SSSR count). The average Bonchev–Trinajstić information content (AvgIpc) is 2.55. The number of nitrogens with zero attached hydrogens (tertiary/aromatic N) is 2. The summed E-state index contributed by atoms with van der Waals surface area (Å²) in [4.78, 5) is 20.5. The summed E-state index contributed by atoms with van der Waals surface area (Å²) >= 11 is 0. The van der Waals surface area contributed by atoms with Crippen LogP contribution in [0.2, 0.25) is 0 Å². The van der Waals surface area contributed by atoms with Crippen LogP contribution in [-0.4, -0.2) is 21.1 Å². The van der Waals surface area contributed by atoms with E-state index in [1.807, 2.05) is 0 Å². The zero-order chi connectivity index (χ0) is 11.0. The van der Waals surface area contributed by atoms with E-state index in [0.29, 0.717) is 22.0 Å². The Bertz CT molecular complexity index is 558. The summed E-state index contributed by atoms with van der Waals surface area (Å²) in [6, 6.07) is 3.93. The third-order valence-corrected chi connectivity index (χ3v) is 2.14. The number of aromatic nitrogens is 1. The Balaban J connectivity index is 2.77. The molecule has 1 aromatic heterocycles. The highest BCUT2D eigenvalue weighted by Gasteiger charge is 2.12. The normalized spacial score (nSPS) is 10.4. The molecule has 0 atom stereocenters. The van der Waals surface area contributed by atoms with Gasteiger partial charge in [-0.2, -0.15) is 4.73 Å². The highest BCUT2D eigenvalue weighted by molar-refractivity contribution is 5.98. The van der Waals surface area contributed by atoms with Crippen molar-refractivity contribution in [3.05, 3.63) is 40.1 Å². The van der Waals surface area contributed by atoms with Gasteiger partial charge in [-0.25, -0.2) is 0 Å². The SMILES string of the molecule is O=Cc1cn(O)c2cc([N+](=O)[O-])ccc12. The molecule has 0 spiro atoms. The molecule has 6 nitrogen and oxygen atoms in total. The number of hydrogen-bond acceptors (Lipinski definition) is 4. The largest absolute Gasteiger partial charge is 0.428 e. The Morgan fingerprint density at radius 3 is 2.80 bits per heavy atom. The maximum atomic E-state index is 10.6. The monoisotopic (exact) mass is 206 g/mol. The lowest BCUT2D eigenvalue weighted by Crippen LogP contribution is -1.90. The van der Waals surface area contributed by atoms with Gasteiger partial charge in [0.25, 0.3) is 5.69 Å². The van der Waals surface area contributed by atoms with E-state index in [1.165, 1.54) is 24.4 Å².